The molecule has 0 saturated carbocycles. The van der Waals surface area contributed by atoms with Crippen LogP contribution >= 0.6 is 15.9 Å². The summed E-state index contributed by atoms with van der Waals surface area (Å²) in [6.45, 7) is 4.92. The summed E-state index contributed by atoms with van der Waals surface area (Å²) in [5.74, 6) is -1.78. The number of nitrogens with one attached hydrogen (secondary N) is 2. The first-order chi connectivity index (χ1) is 14.7. The van der Waals surface area contributed by atoms with E-state index in [0.717, 1.165) is 12.1 Å². The van der Waals surface area contributed by atoms with Crippen LogP contribution in [-0.4, -0.2) is 41.5 Å². The topological polar surface area (TPSA) is 80.7 Å². The van der Waals surface area contributed by atoms with E-state index in [1.807, 2.05) is 13.8 Å². The highest BCUT2D eigenvalue weighted by atomic mass is 79.9. The first-order valence-electron chi connectivity index (χ1n) is 9.81. The second-order valence-corrected chi connectivity index (χ2v) is 8.71. The Morgan fingerprint density at radius 2 is 1.77 bits per heavy atom. The number of anilines is 1. The molecule has 0 aliphatic carbocycles. The highest BCUT2D eigenvalue weighted by Gasteiger charge is 2.26. The summed E-state index contributed by atoms with van der Waals surface area (Å²) in [6.07, 6.45) is 1.28. The Balaban J connectivity index is 1.71. The van der Waals surface area contributed by atoms with E-state index >= 15 is 0 Å². The first-order valence-corrected chi connectivity index (χ1v) is 10.6. The van der Waals surface area contributed by atoms with Crippen molar-refractivity contribution in [3.63, 3.8) is 0 Å². The Kier molecular flexibility index (Phi) is 5.81. The third kappa shape index (κ3) is 4.33. The number of halogens is 3. The summed E-state index contributed by atoms with van der Waals surface area (Å²) in [4.78, 5) is 20.3. The molecule has 31 heavy (non-hydrogen) atoms. The van der Waals surface area contributed by atoms with Crippen LogP contribution in [0.25, 0.3) is 10.8 Å². The molecule has 162 valence electrons. The number of aromatic nitrogens is 1. The van der Waals surface area contributed by atoms with Crippen LogP contribution in [-0.2, 0) is 0 Å². The van der Waals surface area contributed by atoms with Crippen molar-refractivity contribution < 1.29 is 13.9 Å². The summed E-state index contributed by atoms with van der Waals surface area (Å²) in [6, 6.07) is 7.52. The van der Waals surface area contributed by atoms with Crippen LogP contribution in [0.2, 0.25) is 0 Å². The van der Waals surface area contributed by atoms with Gasteiger partial charge in [0.15, 0.2) is 11.6 Å². The van der Waals surface area contributed by atoms with E-state index < -0.39 is 17.2 Å². The summed E-state index contributed by atoms with van der Waals surface area (Å²) in [7, 11) is 0. The van der Waals surface area contributed by atoms with Crippen LogP contribution in [0.4, 0.5) is 20.2 Å². The molecule has 0 bridgehead atoms. The van der Waals surface area contributed by atoms with Gasteiger partial charge in [-0.2, -0.15) is 0 Å². The second kappa shape index (κ2) is 8.39. The number of pyridine rings is 1. The van der Waals surface area contributed by atoms with E-state index in [9.17, 15) is 18.7 Å². The Bertz CT molecular complexity index is 1210. The summed E-state index contributed by atoms with van der Waals surface area (Å²) >= 11 is 3.34. The van der Waals surface area contributed by atoms with Crippen molar-refractivity contribution in [2.24, 2.45) is 4.99 Å². The number of hydrogen-bond acceptors (Lipinski definition) is 5. The fraction of sp³-hybridized carbons (Fsp3) is 0.273. The highest BCUT2D eigenvalue weighted by Crippen LogP contribution is 2.30. The van der Waals surface area contributed by atoms with Gasteiger partial charge in [-0.05, 0) is 32.0 Å². The van der Waals surface area contributed by atoms with Gasteiger partial charge in [0.05, 0.1) is 11.3 Å². The zero-order chi connectivity index (χ0) is 22.3. The lowest BCUT2D eigenvalue weighted by atomic mass is 10.1. The van der Waals surface area contributed by atoms with Crippen LogP contribution in [0.15, 0.2) is 44.6 Å². The van der Waals surface area contributed by atoms with Crippen molar-refractivity contribution in [3.05, 3.63) is 62.4 Å². The Morgan fingerprint density at radius 3 is 2.42 bits per heavy atom. The average Bonchev–Trinajstić information content (AvgIpc) is 2.66. The van der Waals surface area contributed by atoms with Gasteiger partial charge in [-0.25, -0.2) is 8.78 Å². The lowest BCUT2D eigenvalue weighted by Crippen LogP contribution is -2.54. The quantitative estimate of drug-likeness (QED) is 0.480. The molecule has 4 rings (SSSR count). The minimum absolute atomic E-state index is 0.0590. The second-order valence-electron chi connectivity index (χ2n) is 7.80. The SMILES string of the molecule is C[C@@H]1CN(c2c(F)cc(N=Cc3c(O)[nH]c(=O)c4ccc(Br)cc34)cc2F)C[C@H](C)N1. The Labute approximate surface area is 185 Å². The number of nitrogens with zero attached hydrogens (tertiary/aromatic N) is 2. The normalized spacial score (nSPS) is 19.5. The van der Waals surface area contributed by atoms with E-state index in [0.29, 0.717) is 28.3 Å². The zero-order valence-electron chi connectivity index (χ0n) is 16.9. The number of benzene rings is 2. The van der Waals surface area contributed by atoms with Crippen LogP contribution in [0.3, 0.4) is 0 Å². The molecule has 2 aromatic carbocycles. The molecular formula is C22H21BrF2N4O2. The molecule has 0 spiro atoms. The molecule has 0 radical (unpaired) electrons. The first kappa shape index (κ1) is 21.5. The molecule has 0 unspecified atom stereocenters. The highest BCUT2D eigenvalue weighted by molar-refractivity contribution is 9.10. The molecule has 6 nitrogen and oxygen atoms in total. The maximum Gasteiger partial charge on any atom is 0.258 e. The number of aromatic amines is 1. The minimum Gasteiger partial charge on any atom is -0.494 e. The van der Waals surface area contributed by atoms with Gasteiger partial charge in [0.1, 0.15) is 5.69 Å². The molecule has 9 heteroatoms. The lowest BCUT2D eigenvalue weighted by Gasteiger charge is -2.37. The number of fused-ring (bicyclic) bond motifs is 1. The predicted octanol–water partition coefficient (Wildman–Crippen LogP) is 4.21. The lowest BCUT2D eigenvalue weighted by molar-refractivity contribution is 0.400. The maximum absolute atomic E-state index is 14.8. The summed E-state index contributed by atoms with van der Waals surface area (Å²) < 4.78 is 30.4. The average molecular weight is 491 g/mol. The van der Waals surface area contributed by atoms with Crippen molar-refractivity contribution in [1.82, 2.24) is 10.3 Å². The molecule has 1 fully saturated rings. The van der Waals surface area contributed by atoms with Crippen LogP contribution in [0.1, 0.15) is 19.4 Å². The van der Waals surface area contributed by atoms with Crippen LogP contribution < -0.4 is 15.8 Å². The number of hydrogen-bond donors (Lipinski definition) is 3. The summed E-state index contributed by atoms with van der Waals surface area (Å²) in [5.41, 5.74) is -0.215. The van der Waals surface area contributed by atoms with Gasteiger partial charge in [-0.3, -0.25) is 14.8 Å². The van der Waals surface area contributed by atoms with Crippen molar-refractivity contribution in [1.29, 1.82) is 0 Å². The van der Waals surface area contributed by atoms with E-state index in [1.54, 1.807) is 23.1 Å². The van der Waals surface area contributed by atoms with Crippen molar-refractivity contribution >= 4 is 44.3 Å². The number of piperazine rings is 1. The molecule has 3 N–H and O–H groups in total. The molecule has 0 amide bonds. The molecule has 2 heterocycles. The van der Waals surface area contributed by atoms with Crippen molar-refractivity contribution in [3.8, 4) is 5.88 Å². The van der Waals surface area contributed by atoms with Crippen molar-refractivity contribution in [2.75, 3.05) is 18.0 Å². The van der Waals surface area contributed by atoms with Gasteiger partial charge in [-0.1, -0.05) is 15.9 Å². The number of H-pyrrole nitrogens is 1. The molecule has 2 atom stereocenters. The van der Waals surface area contributed by atoms with E-state index in [1.165, 1.54) is 6.21 Å². The van der Waals surface area contributed by atoms with E-state index in [4.69, 9.17) is 0 Å². The van der Waals surface area contributed by atoms with Gasteiger partial charge in [0.2, 0.25) is 5.88 Å². The number of aliphatic imine (C=N–C) groups is 1. The molecule has 1 aliphatic heterocycles. The van der Waals surface area contributed by atoms with E-state index in [2.05, 4.69) is 31.2 Å². The summed E-state index contributed by atoms with van der Waals surface area (Å²) in [5, 5.41) is 14.4. The fourth-order valence-corrected chi connectivity index (χ4v) is 4.38. The van der Waals surface area contributed by atoms with Gasteiger partial charge >= 0.3 is 0 Å². The van der Waals surface area contributed by atoms with E-state index in [-0.39, 0.29) is 34.9 Å². The monoisotopic (exact) mass is 490 g/mol. The number of aromatic hydroxyl groups is 1. The van der Waals surface area contributed by atoms with Gasteiger partial charge in [0.25, 0.3) is 5.56 Å². The third-order valence-electron chi connectivity index (χ3n) is 5.22. The molecule has 1 aromatic heterocycles. The smallest absolute Gasteiger partial charge is 0.258 e. The molecular weight excluding hydrogens is 470 g/mol. The minimum atomic E-state index is -0.702. The largest absolute Gasteiger partial charge is 0.494 e. The Morgan fingerprint density at radius 1 is 1.13 bits per heavy atom. The standard InChI is InChI=1S/C22H21BrF2N4O2/c1-11-9-29(10-12(2)27-11)20-18(24)6-14(7-19(20)25)26-8-17-16-5-13(23)3-4-15(16)21(30)28-22(17)31/h3-8,11-12,27H,9-10H2,1-2H3,(H2,28,30,31)/t11-,12+. The van der Waals surface area contributed by atoms with Gasteiger partial charge < -0.3 is 15.3 Å². The van der Waals surface area contributed by atoms with Gasteiger partial charge in [-0.15, -0.1) is 0 Å². The predicted molar refractivity (Wildman–Crippen MR) is 122 cm³/mol. The number of rotatable bonds is 3. The maximum atomic E-state index is 14.8. The van der Waals surface area contributed by atoms with Crippen LogP contribution in [0, 0.1) is 11.6 Å². The Hall–Kier alpha value is -2.78. The fourth-order valence-electron chi connectivity index (χ4n) is 4.01. The molecule has 1 saturated heterocycles. The molecule has 1 aliphatic rings. The van der Waals surface area contributed by atoms with Crippen LogP contribution in [0.5, 0.6) is 5.88 Å². The van der Waals surface area contributed by atoms with Gasteiger partial charge in [0, 0.05) is 58.8 Å². The zero-order valence-corrected chi connectivity index (χ0v) is 18.5. The molecule has 3 aromatic rings. The van der Waals surface area contributed by atoms with Crippen molar-refractivity contribution in [2.45, 2.75) is 25.9 Å². The third-order valence-corrected chi connectivity index (χ3v) is 5.71.